The highest BCUT2D eigenvalue weighted by atomic mass is 32.1. The van der Waals surface area contributed by atoms with Crippen LogP contribution in [0.5, 0.6) is 0 Å². The molecule has 1 aliphatic rings. The van der Waals surface area contributed by atoms with Gasteiger partial charge in [-0.25, -0.2) is 0 Å². The van der Waals surface area contributed by atoms with Gasteiger partial charge >= 0.3 is 0 Å². The lowest BCUT2D eigenvalue weighted by Crippen LogP contribution is -2.40. The summed E-state index contributed by atoms with van der Waals surface area (Å²) in [5.41, 5.74) is 4.08. The third-order valence-corrected chi connectivity index (χ3v) is 5.19. The van der Waals surface area contributed by atoms with Gasteiger partial charge in [-0.3, -0.25) is 9.59 Å². The minimum Gasteiger partial charge on any atom is -0.340 e. The van der Waals surface area contributed by atoms with Gasteiger partial charge in [0, 0.05) is 18.3 Å². The summed E-state index contributed by atoms with van der Waals surface area (Å²) in [4.78, 5) is 26.1. The molecule has 0 saturated heterocycles. The minimum absolute atomic E-state index is 0.0213. The number of amides is 2. The lowest BCUT2D eigenvalue weighted by atomic mass is 10.0. The Bertz CT molecular complexity index is 740. The summed E-state index contributed by atoms with van der Waals surface area (Å²) < 4.78 is 0. The molecule has 4 nitrogen and oxygen atoms in total. The van der Waals surface area contributed by atoms with Crippen molar-refractivity contribution in [3.8, 4) is 0 Å². The standard InChI is InChI=1S/C19H22N2O2S/c1-3-21(13(2)8-15-6-7-24-12-15)19(23)10-14-4-5-16-11-18(22)20-17(16)9-14/h4-7,9,12-13H,3,8,10-11H2,1-2H3,(H,20,22). The van der Waals surface area contributed by atoms with Gasteiger partial charge in [0.25, 0.3) is 0 Å². The van der Waals surface area contributed by atoms with Gasteiger partial charge in [-0.1, -0.05) is 12.1 Å². The Morgan fingerprint density at radius 3 is 2.88 bits per heavy atom. The number of hydrogen-bond acceptors (Lipinski definition) is 3. The van der Waals surface area contributed by atoms with Crippen molar-refractivity contribution in [2.24, 2.45) is 0 Å². The topological polar surface area (TPSA) is 49.4 Å². The van der Waals surface area contributed by atoms with Crippen LogP contribution in [-0.4, -0.2) is 29.3 Å². The Morgan fingerprint density at radius 1 is 1.33 bits per heavy atom. The Kier molecular flexibility index (Phi) is 5.00. The number of likely N-dealkylation sites (N-methyl/N-ethyl adjacent to an activating group) is 1. The molecule has 24 heavy (non-hydrogen) atoms. The summed E-state index contributed by atoms with van der Waals surface area (Å²) >= 11 is 1.69. The molecule has 1 aromatic heterocycles. The summed E-state index contributed by atoms with van der Waals surface area (Å²) in [5.74, 6) is 0.151. The number of carbonyl (C=O) groups is 2. The molecule has 2 heterocycles. The predicted octanol–water partition coefficient (Wildman–Crippen LogP) is 3.26. The largest absolute Gasteiger partial charge is 0.340 e. The van der Waals surface area contributed by atoms with Crippen molar-refractivity contribution in [3.05, 3.63) is 51.7 Å². The summed E-state index contributed by atoms with van der Waals surface area (Å²) in [6.07, 6.45) is 1.68. The first kappa shape index (κ1) is 16.7. The maximum Gasteiger partial charge on any atom is 0.228 e. The third kappa shape index (κ3) is 3.67. The summed E-state index contributed by atoms with van der Waals surface area (Å²) in [7, 11) is 0. The van der Waals surface area contributed by atoms with Crippen LogP contribution in [0.2, 0.25) is 0 Å². The van der Waals surface area contributed by atoms with Crippen molar-refractivity contribution >= 4 is 28.8 Å². The Morgan fingerprint density at radius 2 is 2.17 bits per heavy atom. The molecule has 1 unspecified atom stereocenters. The van der Waals surface area contributed by atoms with Crippen molar-refractivity contribution in [1.29, 1.82) is 0 Å². The smallest absolute Gasteiger partial charge is 0.228 e. The van der Waals surface area contributed by atoms with Crippen LogP contribution in [0.4, 0.5) is 5.69 Å². The van der Waals surface area contributed by atoms with Gasteiger partial charge in [0.2, 0.25) is 11.8 Å². The number of carbonyl (C=O) groups excluding carboxylic acids is 2. The van der Waals surface area contributed by atoms with E-state index in [1.165, 1.54) is 5.56 Å². The fourth-order valence-corrected chi connectivity index (χ4v) is 3.92. The van der Waals surface area contributed by atoms with Crippen LogP contribution < -0.4 is 5.32 Å². The van der Waals surface area contributed by atoms with E-state index in [-0.39, 0.29) is 17.9 Å². The van der Waals surface area contributed by atoms with Crippen LogP contribution in [0, 0.1) is 0 Å². The fourth-order valence-electron chi connectivity index (χ4n) is 3.24. The number of benzene rings is 1. The molecule has 0 saturated carbocycles. The number of anilines is 1. The van der Waals surface area contributed by atoms with E-state index >= 15 is 0 Å². The zero-order valence-electron chi connectivity index (χ0n) is 14.0. The molecule has 1 aromatic carbocycles. The second-order valence-electron chi connectivity index (χ2n) is 6.26. The number of fused-ring (bicyclic) bond motifs is 1. The average Bonchev–Trinajstić information content (AvgIpc) is 3.15. The van der Waals surface area contributed by atoms with E-state index in [4.69, 9.17) is 0 Å². The minimum atomic E-state index is 0.0213. The second-order valence-corrected chi connectivity index (χ2v) is 7.04. The molecule has 2 amide bonds. The highest BCUT2D eigenvalue weighted by molar-refractivity contribution is 7.07. The molecule has 2 aromatic rings. The van der Waals surface area contributed by atoms with Crippen LogP contribution in [-0.2, 0) is 28.9 Å². The van der Waals surface area contributed by atoms with Crippen LogP contribution in [0.25, 0.3) is 0 Å². The molecule has 0 bridgehead atoms. The van der Waals surface area contributed by atoms with Gasteiger partial charge < -0.3 is 10.2 Å². The molecular formula is C19H22N2O2S. The Balaban J connectivity index is 1.66. The third-order valence-electron chi connectivity index (χ3n) is 4.46. The van der Waals surface area contributed by atoms with E-state index in [0.717, 1.165) is 23.2 Å². The van der Waals surface area contributed by atoms with Crippen molar-refractivity contribution in [3.63, 3.8) is 0 Å². The molecule has 0 aliphatic carbocycles. The van der Waals surface area contributed by atoms with Gasteiger partial charge in [-0.2, -0.15) is 11.3 Å². The molecule has 0 spiro atoms. The van der Waals surface area contributed by atoms with Crippen molar-refractivity contribution < 1.29 is 9.59 Å². The molecule has 1 aliphatic heterocycles. The maximum atomic E-state index is 12.7. The van der Waals surface area contributed by atoms with Gasteiger partial charge in [0.1, 0.15) is 0 Å². The first-order valence-corrected chi connectivity index (χ1v) is 9.23. The Labute approximate surface area is 146 Å². The summed E-state index contributed by atoms with van der Waals surface area (Å²) in [5, 5.41) is 7.05. The van der Waals surface area contributed by atoms with Gasteiger partial charge in [-0.15, -0.1) is 0 Å². The van der Waals surface area contributed by atoms with Gasteiger partial charge in [-0.05, 0) is 59.9 Å². The zero-order chi connectivity index (χ0) is 17.1. The lowest BCUT2D eigenvalue weighted by molar-refractivity contribution is -0.132. The second kappa shape index (κ2) is 7.18. The SMILES string of the molecule is CCN(C(=O)Cc1ccc2c(c1)NC(=O)C2)C(C)Cc1ccsc1. The van der Waals surface area contributed by atoms with Gasteiger partial charge in [0.05, 0.1) is 12.8 Å². The van der Waals surface area contributed by atoms with E-state index in [0.29, 0.717) is 19.4 Å². The molecule has 1 N–H and O–H groups in total. The van der Waals surface area contributed by atoms with Crippen molar-refractivity contribution in [1.82, 2.24) is 4.90 Å². The highest BCUT2D eigenvalue weighted by Gasteiger charge is 2.21. The van der Waals surface area contributed by atoms with E-state index in [1.807, 2.05) is 30.0 Å². The molecule has 5 heteroatoms. The molecule has 126 valence electrons. The van der Waals surface area contributed by atoms with Gasteiger partial charge in [0.15, 0.2) is 0 Å². The monoisotopic (exact) mass is 342 g/mol. The quantitative estimate of drug-likeness (QED) is 0.876. The Hall–Kier alpha value is -2.14. The molecule has 3 rings (SSSR count). The first-order chi connectivity index (χ1) is 11.6. The number of hydrogen-bond donors (Lipinski definition) is 1. The zero-order valence-corrected chi connectivity index (χ0v) is 14.9. The first-order valence-electron chi connectivity index (χ1n) is 8.29. The van der Waals surface area contributed by atoms with Crippen LogP contribution >= 0.6 is 11.3 Å². The fraction of sp³-hybridized carbons (Fsp3) is 0.368. The number of nitrogens with zero attached hydrogens (tertiary/aromatic N) is 1. The molecule has 0 fully saturated rings. The van der Waals surface area contributed by atoms with Crippen LogP contribution in [0.3, 0.4) is 0 Å². The van der Waals surface area contributed by atoms with E-state index in [1.54, 1.807) is 11.3 Å². The predicted molar refractivity (Wildman–Crippen MR) is 97.4 cm³/mol. The van der Waals surface area contributed by atoms with Crippen LogP contribution in [0.15, 0.2) is 35.0 Å². The molecule has 0 radical (unpaired) electrons. The normalized spacial score (nSPS) is 14.2. The van der Waals surface area contributed by atoms with E-state index in [9.17, 15) is 9.59 Å². The molecule has 1 atom stereocenters. The number of rotatable bonds is 6. The van der Waals surface area contributed by atoms with Crippen molar-refractivity contribution in [2.75, 3.05) is 11.9 Å². The summed E-state index contributed by atoms with van der Waals surface area (Å²) in [6.45, 7) is 4.82. The average molecular weight is 342 g/mol. The maximum absolute atomic E-state index is 12.7. The summed E-state index contributed by atoms with van der Waals surface area (Å²) in [6, 6.07) is 8.11. The van der Waals surface area contributed by atoms with E-state index in [2.05, 4.69) is 29.1 Å². The lowest BCUT2D eigenvalue weighted by Gasteiger charge is -2.28. The van der Waals surface area contributed by atoms with Crippen molar-refractivity contribution in [2.45, 2.75) is 39.2 Å². The number of thiophene rings is 1. The number of nitrogens with one attached hydrogen (secondary N) is 1. The highest BCUT2D eigenvalue weighted by Crippen LogP contribution is 2.24. The molecular weight excluding hydrogens is 320 g/mol. The van der Waals surface area contributed by atoms with E-state index < -0.39 is 0 Å². The van der Waals surface area contributed by atoms with Crippen LogP contribution in [0.1, 0.15) is 30.5 Å².